The third-order valence-corrected chi connectivity index (χ3v) is 5.52. The highest BCUT2D eigenvalue weighted by Gasteiger charge is 2.31. The number of fused-ring (bicyclic) bond motifs is 1. The zero-order valence-electron chi connectivity index (χ0n) is 14.8. The second-order valence-electron chi connectivity index (χ2n) is 7.06. The first-order valence-corrected chi connectivity index (χ1v) is 9.28. The van der Waals surface area contributed by atoms with Gasteiger partial charge < -0.3 is 15.2 Å². The normalized spacial score (nSPS) is 18.8. The SMILES string of the molecule is OCC(O)C(c1ccccc1)N1CCC(c2c[nH]c3cccnc23)CC1. The Bertz CT molecular complexity index is 841. The second kappa shape index (κ2) is 7.58. The van der Waals surface area contributed by atoms with E-state index in [4.69, 9.17) is 0 Å². The first kappa shape index (κ1) is 17.2. The first-order chi connectivity index (χ1) is 12.8. The van der Waals surface area contributed by atoms with E-state index in [1.165, 1.54) is 5.56 Å². The minimum Gasteiger partial charge on any atom is -0.394 e. The van der Waals surface area contributed by atoms with E-state index in [-0.39, 0.29) is 12.6 Å². The number of hydrogen-bond acceptors (Lipinski definition) is 4. The van der Waals surface area contributed by atoms with Crippen LogP contribution < -0.4 is 0 Å². The van der Waals surface area contributed by atoms with Crippen LogP contribution in [0.1, 0.15) is 35.9 Å². The molecule has 1 aromatic carbocycles. The minimum atomic E-state index is -0.774. The van der Waals surface area contributed by atoms with Gasteiger partial charge in [-0.05, 0) is 55.1 Å². The van der Waals surface area contributed by atoms with Gasteiger partial charge in [-0.15, -0.1) is 0 Å². The highest BCUT2D eigenvalue weighted by molar-refractivity contribution is 5.79. The topological polar surface area (TPSA) is 72.4 Å². The quantitative estimate of drug-likeness (QED) is 0.661. The summed E-state index contributed by atoms with van der Waals surface area (Å²) in [5.41, 5.74) is 4.50. The van der Waals surface area contributed by atoms with Crippen molar-refractivity contribution in [3.8, 4) is 0 Å². The fourth-order valence-electron chi connectivity index (χ4n) is 4.20. The van der Waals surface area contributed by atoms with Crippen LogP contribution in [0.4, 0.5) is 0 Å². The molecular weight excluding hydrogens is 326 g/mol. The Hall–Kier alpha value is -2.21. The number of aliphatic hydroxyl groups excluding tert-OH is 2. The average molecular weight is 351 g/mol. The van der Waals surface area contributed by atoms with Crippen LogP contribution in [0.15, 0.2) is 54.9 Å². The van der Waals surface area contributed by atoms with E-state index in [1.54, 1.807) is 0 Å². The van der Waals surface area contributed by atoms with Crippen molar-refractivity contribution < 1.29 is 10.2 Å². The largest absolute Gasteiger partial charge is 0.394 e. The molecule has 4 rings (SSSR count). The van der Waals surface area contributed by atoms with Gasteiger partial charge >= 0.3 is 0 Å². The van der Waals surface area contributed by atoms with Gasteiger partial charge in [0.1, 0.15) is 0 Å². The summed E-state index contributed by atoms with van der Waals surface area (Å²) in [6, 6.07) is 13.8. The number of aromatic amines is 1. The molecule has 3 N–H and O–H groups in total. The minimum absolute atomic E-state index is 0.164. The van der Waals surface area contributed by atoms with Gasteiger partial charge in [-0.1, -0.05) is 30.3 Å². The molecule has 1 fully saturated rings. The zero-order valence-corrected chi connectivity index (χ0v) is 14.8. The Labute approximate surface area is 153 Å². The Kier molecular flexibility index (Phi) is 5.02. The average Bonchev–Trinajstić information content (AvgIpc) is 3.13. The maximum atomic E-state index is 10.4. The molecule has 3 heterocycles. The fraction of sp³-hybridized carbons (Fsp3) is 0.381. The van der Waals surface area contributed by atoms with Crippen molar-refractivity contribution >= 4 is 11.0 Å². The molecular formula is C21H25N3O2. The molecule has 26 heavy (non-hydrogen) atoms. The molecule has 0 aliphatic carbocycles. The Balaban J connectivity index is 1.51. The lowest BCUT2D eigenvalue weighted by atomic mass is 9.88. The maximum absolute atomic E-state index is 10.4. The summed E-state index contributed by atoms with van der Waals surface area (Å²) in [4.78, 5) is 10.2. The van der Waals surface area contributed by atoms with Crippen molar-refractivity contribution in [2.75, 3.05) is 19.7 Å². The van der Waals surface area contributed by atoms with Gasteiger partial charge in [0.05, 0.1) is 29.8 Å². The van der Waals surface area contributed by atoms with Crippen molar-refractivity contribution in [1.29, 1.82) is 0 Å². The van der Waals surface area contributed by atoms with Gasteiger partial charge in [0, 0.05) is 12.4 Å². The Morgan fingerprint density at radius 2 is 1.88 bits per heavy atom. The lowest BCUT2D eigenvalue weighted by Gasteiger charge is -2.39. The van der Waals surface area contributed by atoms with Crippen LogP contribution in [0.5, 0.6) is 0 Å². The Morgan fingerprint density at radius 3 is 2.62 bits per heavy atom. The van der Waals surface area contributed by atoms with E-state index in [0.29, 0.717) is 5.92 Å². The predicted molar refractivity (Wildman–Crippen MR) is 102 cm³/mol. The highest BCUT2D eigenvalue weighted by atomic mass is 16.3. The summed E-state index contributed by atoms with van der Waals surface area (Å²) in [5.74, 6) is 0.470. The van der Waals surface area contributed by atoms with E-state index in [1.807, 2.05) is 42.6 Å². The van der Waals surface area contributed by atoms with Gasteiger partial charge in [-0.2, -0.15) is 0 Å². The van der Waals surface area contributed by atoms with Crippen LogP contribution in [-0.4, -0.2) is 50.9 Å². The number of nitrogens with zero attached hydrogens (tertiary/aromatic N) is 2. The number of likely N-dealkylation sites (tertiary alicyclic amines) is 1. The number of benzene rings is 1. The van der Waals surface area contributed by atoms with Crippen molar-refractivity contribution in [2.24, 2.45) is 0 Å². The van der Waals surface area contributed by atoms with Gasteiger partial charge in [0.2, 0.25) is 0 Å². The number of nitrogens with one attached hydrogen (secondary N) is 1. The standard InChI is InChI=1S/C21H25N3O2/c25-14-19(26)21(16-5-2-1-3-6-16)24-11-8-15(9-12-24)17-13-23-18-7-4-10-22-20(17)18/h1-7,10,13,15,19,21,23,25-26H,8-9,11-12,14H2. The smallest absolute Gasteiger partial charge is 0.0967 e. The van der Waals surface area contributed by atoms with Crippen molar-refractivity contribution in [3.63, 3.8) is 0 Å². The van der Waals surface area contributed by atoms with Gasteiger partial charge in [-0.3, -0.25) is 9.88 Å². The number of piperidine rings is 1. The van der Waals surface area contributed by atoms with Crippen LogP contribution in [0.25, 0.3) is 11.0 Å². The summed E-state index contributed by atoms with van der Waals surface area (Å²) in [5, 5.41) is 19.9. The lowest BCUT2D eigenvalue weighted by Crippen LogP contribution is -2.42. The third-order valence-electron chi connectivity index (χ3n) is 5.52. The van der Waals surface area contributed by atoms with E-state index in [9.17, 15) is 10.2 Å². The number of aromatic nitrogens is 2. The molecule has 1 aliphatic rings. The fourth-order valence-corrected chi connectivity index (χ4v) is 4.20. The molecule has 3 aromatic rings. The van der Waals surface area contributed by atoms with E-state index in [2.05, 4.69) is 27.1 Å². The summed E-state index contributed by atoms with van der Waals surface area (Å²) in [6.07, 6.45) is 5.20. The maximum Gasteiger partial charge on any atom is 0.0967 e. The van der Waals surface area contributed by atoms with Crippen LogP contribution in [-0.2, 0) is 0 Å². The molecule has 136 valence electrons. The monoisotopic (exact) mass is 351 g/mol. The van der Waals surface area contributed by atoms with Crippen molar-refractivity contribution in [3.05, 3.63) is 66.0 Å². The number of H-pyrrole nitrogens is 1. The molecule has 5 nitrogen and oxygen atoms in total. The summed E-state index contributed by atoms with van der Waals surface area (Å²) in [7, 11) is 0. The zero-order chi connectivity index (χ0) is 17.9. The number of pyridine rings is 1. The number of aliphatic hydroxyl groups is 2. The Morgan fingerprint density at radius 1 is 1.12 bits per heavy atom. The van der Waals surface area contributed by atoms with E-state index < -0.39 is 6.10 Å². The van der Waals surface area contributed by atoms with Gasteiger partial charge in [0.15, 0.2) is 0 Å². The molecule has 1 saturated heterocycles. The first-order valence-electron chi connectivity index (χ1n) is 9.28. The molecule has 0 amide bonds. The molecule has 0 bridgehead atoms. The molecule has 0 saturated carbocycles. The third kappa shape index (κ3) is 3.26. The van der Waals surface area contributed by atoms with Crippen LogP contribution in [0, 0.1) is 0 Å². The summed E-state index contributed by atoms with van der Waals surface area (Å²) in [6.45, 7) is 1.55. The highest BCUT2D eigenvalue weighted by Crippen LogP contribution is 2.35. The van der Waals surface area contributed by atoms with E-state index >= 15 is 0 Å². The summed E-state index contributed by atoms with van der Waals surface area (Å²) >= 11 is 0. The number of rotatable bonds is 5. The predicted octanol–water partition coefficient (Wildman–Crippen LogP) is 2.84. The van der Waals surface area contributed by atoms with E-state index in [0.717, 1.165) is 42.5 Å². The van der Waals surface area contributed by atoms with Gasteiger partial charge in [0.25, 0.3) is 0 Å². The number of hydrogen-bond donors (Lipinski definition) is 3. The van der Waals surface area contributed by atoms with Crippen LogP contribution in [0.2, 0.25) is 0 Å². The van der Waals surface area contributed by atoms with Crippen molar-refractivity contribution in [1.82, 2.24) is 14.9 Å². The molecule has 2 unspecified atom stereocenters. The molecule has 0 spiro atoms. The van der Waals surface area contributed by atoms with Crippen LogP contribution in [0.3, 0.4) is 0 Å². The molecule has 2 atom stereocenters. The second-order valence-corrected chi connectivity index (χ2v) is 7.06. The molecule has 5 heteroatoms. The lowest BCUT2D eigenvalue weighted by molar-refractivity contribution is 0.000474. The molecule has 0 radical (unpaired) electrons. The van der Waals surface area contributed by atoms with Gasteiger partial charge in [-0.25, -0.2) is 0 Å². The summed E-state index contributed by atoms with van der Waals surface area (Å²) < 4.78 is 0. The van der Waals surface area contributed by atoms with Crippen molar-refractivity contribution in [2.45, 2.75) is 30.9 Å². The molecule has 2 aromatic heterocycles. The van der Waals surface area contributed by atoms with Crippen LogP contribution >= 0.6 is 0 Å². The molecule has 1 aliphatic heterocycles.